The first-order chi connectivity index (χ1) is 16.1. The second kappa shape index (κ2) is 9.12. The van der Waals surface area contributed by atoms with Gasteiger partial charge in [0.2, 0.25) is 0 Å². The molecule has 2 aromatic heterocycles. The summed E-state index contributed by atoms with van der Waals surface area (Å²) in [5.41, 5.74) is 0.419. The molecule has 4 rings (SSSR count). The van der Waals surface area contributed by atoms with E-state index in [-0.39, 0.29) is 11.1 Å². The summed E-state index contributed by atoms with van der Waals surface area (Å²) in [7, 11) is 1.56. The molecule has 10 heteroatoms. The number of alkyl halides is 3. The standard InChI is InChI=1S/C24H20F4N4O2/c1-14(19-7-6-17(10-20(19)25)24(26,27)28)32-13-16(12-29-32)21-11-23(33)31-22(30-21)9-15-4-3-5-18(8-15)34-2/h3-8,10-14H,9H2,1-2H3,(H,30,31,33)/t14-/m0/s1. The highest BCUT2D eigenvalue weighted by Gasteiger charge is 2.31. The van der Waals surface area contributed by atoms with Crippen molar-refractivity contribution < 1.29 is 22.3 Å². The number of aromatic nitrogens is 4. The van der Waals surface area contributed by atoms with Gasteiger partial charge in [-0.05, 0) is 36.8 Å². The number of halogens is 4. The van der Waals surface area contributed by atoms with Crippen molar-refractivity contribution in [2.45, 2.75) is 25.6 Å². The van der Waals surface area contributed by atoms with Gasteiger partial charge in [-0.2, -0.15) is 18.3 Å². The van der Waals surface area contributed by atoms with Crippen molar-refractivity contribution in [2.75, 3.05) is 7.11 Å². The van der Waals surface area contributed by atoms with Crippen LogP contribution in [0.3, 0.4) is 0 Å². The fourth-order valence-corrected chi connectivity index (χ4v) is 3.58. The molecule has 2 heterocycles. The first kappa shape index (κ1) is 23.2. The van der Waals surface area contributed by atoms with Gasteiger partial charge in [-0.25, -0.2) is 9.37 Å². The van der Waals surface area contributed by atoms with E-state index in [9.17, 15) is 22.4 Å². The minimum Gasteiger partial charge on any atom is -0.497 e. The van der Waals surface area contributed by atoms with Crippen molar-refractivity contribution in [3.05, 3.63) is 99.6 Å². The molecule has 0 aliphatic rings. The van der Waals surface area contributed by atoms with Crippen LogP contribution in [0.2, 0.25) is 0 Å². The van der Waals surface area contributed by atoms with Gasteiger partial charge in [0.05, 0.1) is 30.6 Å². The zero-order valence-corrected chi connectivity index (χ0v) is 18.2. The highest BCUT2D eigenvalue weighted by atomic mass is 19.4. The minimum absolute atomic E-state index is 0.0558. The number of hydrogen-bond donors (Lipinski definition) is 1. The lowest BCUT2D eigenvalue weighted by atomic mass is 10.0. The van der Waals surface area contributed by atoms with Crippen LogP contribution in [0.25, 0.3) is 11.3 Å². The van der Waals surface area contributed by atoms with Gasteiger partial charge in [-0.3, -0.25) is 9.48 Å². The maximum absolute atomic E-state index is 14.4. The van der Waals surface area contributed by atoms with Crippen molar-refractivity contribution in [3.8, 4) is 17.0 Å². The van der Waals surface area contributed by atoms with Crippen LogP contribution in [0.5, 0.6) is 5.75 Å². The number of H-pyrrole nitrogens is 1. The molecular weight excluding hydrogens is 452 g/mol. The average molecular weight is 472 g/mol. The largest absolute Gasteiger partial charge is 0.497 e. The highest BCUT2D eigenvalue weighted by Crippen LogP contribution is 2.32. The van der Waals surface area contributed by atoms with Crippen molar-refractivity contribution in [3.63, 3.8) is 0 Å². The fourth-order valence-electron chi connectivity index (χ4n) is 3.58. The Morgan fingerprint density at radius 2 is 1.94 bits per heavy atom. The summed E-state index contributed by atoms with van der Waals surface area (Å²) < 4.78 is 59.5. The zero-order chi connectivity index (χ0) is 24.5. The van der Waals surface area contributed by atoms with E-state index in [2.05, 4.69) is 15.1 Å². The van der Waals surface area contributed by atoms with Crippen molar-refractivity contribution in [1.29, 1.82) is 0 Å². The Labute approximate surface area is 191 Å². The van der Waals surface area contributed by atoms with Crippen LogP contribution in [0.1, 0.15) is 35.5 Å². The van der Waals surface area contributed by atoms with Crippen LogP contribution >= 0.6 is 0 Å². The average Bonchev–Trinajstić information content (AvgIpc) is 3.28. The molecule has 2 aromatic carbocycles. The molecule has 34 heavy (non-hydrogen) atoms. The van der Waals surface area contributed by atoms with E-state index in [1.807, 2.05) is 24.3 Å². The number of nitrogens with zero attached hydrogens (tertiary/aromatic N) is 3. The van der Waals surface area contributed by atoms with E-state index in [4.69, 9.17) is 4.74 Å². The molecule has 0 spiro atoms. The van der Waals surface area contributed by atoms with Crippen LogP contribution in [0, 0.1) is 5.82 Å². The van der Waals surface area contributed by atoms with Crippen molar-refractivity contribution in [1.82, 2.24) is 19.7 Å². The first-order valence-corrected chi connectivity index (χ1v) is 10.3. The van der Waals surface area contributed by atoms with Crippen molar-refractivity contribution >= 4 is 0 Å². The molecule has 0 radical (unpaired) electrons. The van der Waals surface area contributed by atoms with Gasteiger partial charge in [0.25, 0.3) is 5.56 Å². The summed E-state index contributed by atoms with van der Waals surface area (Å²) >= 11 is 0. The van der Waals surface area contributed by atoms with E-state index >= 15 is 0 Å². The summed E-state index contributed by atoms with van der Waals surface area (Å²) in [6.07, 6.45) is -1.23. The molecule has 4 aromatic rings. The summed E-state index contributed by atoms with van der Waals surface area (Å²) in [5.74, 6) is 0.140. The summed E-state index contributed by atoms with van der Waals surface area (Å²) in [5, 5.41) is 4.21. The van der Waals surface area contributed by atoms with Gasteiger partial charge in [0.15, 0.2) is 0 Å². The topological polar surface area (TPSA) is 72.8 Å². The third-order valence-corrected chi connectivity index (χ3v) is 5.37. The number of ether oxygens (including phenoxy) is 1. The lowest BCUT2D eigenvalue weighted by Gasteiger charge is -2.15. The number of aromatic amines is 1. The van der Waals surface area contributed by atoms with Gasteiger partial charge in [0.1, 0.15) is 17.4 Å². The summed E-state index contributed by atoms with van der Waals surface area (Å²) in [6.45, 7) is 1.61. The Bertz CT molecular complexity index is 1380. The summed E-state index contributed by atoms with van der Waals surface area (Å²) in [6, 6.07) is 10.4. The van der Waals surface area contributed by atoms with E-state index in [1.54, 1.807) is 20.2 Å². The molecule has 176 valence electrons. The monoisotopic (exact) mass is 472 g/mol. The quantitative estimate of drug-likeness (QED) is 0.401. The molecular formula is C24H20F4N4O2. The van der Waals surface area contributed by atoms with Crippen molar-refractivity contribution in [2.24, 2.45) is 0 Å². The second-order valence-corrected chi connectivity index (χ2v) is 7.72. The normalized spacial score (nSPS) is 12.5. The van der Waals surface area contributed by atoms with Gasteiger partial charge in [0, 0.05) is 29.8 Å². The molecule has 0 aliphatic carbocycles. The number of benzene rings is 2. The van der Waals surface area contributed by atoms with Crippen LogP contribution in [-0.2, 0) is 12.6 Å². The molecule has 0 saturated heterocycles. The molecule has 0 fully saturated rings. The predicted molar refractivity (Wildman–Crippen MR) is 117 cm³/mol. The maximum atomic E-state index is 14.4. The van der Waals surface area contributed by atoms with E-state index in [0.717, 1.165) is 17.7 Å². The van der Waals surface area contributed by atoms with Crippen LogP contribution in [0.4, 0.5) is 17.6 Å². The van der Waals surface area contributed by atoms with E-state index in [1.165, 1.54) is 16.9 Å². The number of nitrogens with one attached hydrogen (secondary N) is 1. The fraction of sp³-hybridized carbons (Fsp3) is 0.208. The third-order valence-electron chi connectivity index (χ3n) is 5.37. The first-order valence-electron chi connectivity index (χ1n) is 10.3. The molecule has 0 saturated carbocycles. The van der Waals surface area contributed by atoms with Gasteiger partial charge in [-0.15, -0.1) is 0 Å². The molecule has 0 bridgehead atoms. The molecule has 1 N–H and O–H groups in total. The van der Waals surface area contributed by atoms with Crippen LogP contribution in [-0.4, -0.2) is 26.9 Å². The van der Waals surface area contributed by atoms with Gasteiger partial charge < -0.3 is 9.72 Å². The number of hydrogen-bond acceptors (Lipinski definition) is 4. The maximum Gasteiger partial charge on any atom is 0.416 e. The zero-order valence-electron chi connectivity index (χ0n) is 18.2. The molecule has 0 aliphatic heterocycles. The van der Waals surface area contributed by atoms with Gasteiger partial charge in [-0.1, -0.05) is 18.2 Å². The van der Waals surface area contributed by atoms with Crippen LogP contribution in [0.15, 0.2) is 65.7 Å². The SMILES string of the molecule is COc1cccc(Cc2nc(-c3cnn([C@@H](C)c4ccc(C(F)(F)F)cc4F)c3)cc(=O)[nH]2)c1. The van der Waals surface area contributed by atoms with Crippen LogP contribution < -0.4 is 10.3 Å². The molecule has 0 unspecified atom stereocenters. The Balaban J connectivity index is 1.60. The Morgan fingerprint density at radius 1 is 1.15 bits per heavy atom. The lowest BCUT2D eigenvalue weighted by Crippen LogP contribution is -2.12. The highest BCUT2D eigenvalue weighted by molar-refractivity contribution is 5.56. The molecule has 1 atom stereocenters. The minimum atomic E-state index is -4.63. The molecule has 6 nitrogen and oxygen atoms in total. The Hall–Kier alpha value is -3.95. The predicted octanol–water partition coefficient (Wildman–Crippen LogP) is 5.00. The number of methoxy groups -OCH3 is 1. The Kier molecular flexibility index (Phi) is 6.23. The van der Waals surface area contributed by atoms with Gasteiger partial charge >= 0.3 is 6.18 Å². The second-order valence-electron chi connectivity index (χ2n) is 7.72. The summed E-state index contributed by atoms with van der Waals surface area (Å²) in [4.78, 5) is 19.4. The number of rotatable bonds is 6. The molecule has 0 amide bonds. The smallest absolute Gasteiger partial charge is 0.416 e. The van der Waals surface area contributed by atoms with E-state index < -0.39 is 23.6 Å². The van der Waals surface area contributed by atoms with E-state index in [0.29, 0.717) is 35.3 Å². The Morgan fingerprint density at radius 3 is 2.65 bits per heavy atom. The lowest BCUT2D eigenvalue weighted by molar-refractivity contribution is -0.137. The third kappa shape index (κ3) is 5.00.